The number of nitrogens with one attached hydrogen (secondary N) is 1. The van der Waals surface area contributed by atoms with Crippen molar-refractivity contribution in [1.29, 1.82) is 0 Å². The summed E-state index contributed by atoms with van der Waals surface area (Å²) in [6.45, 7) is 2.77. The highest BCUT2D eigenvalue weighted by atomic mass is 32.2. The second-order valence-electron chi connectivity index (χ2n) is 6.23. The lowest BCUT2D eigenvalue weighted by Crippen LogP contribution is -2.35. The van der Waals surface area contributed by atoms with Gasteiger partial charge in [0, 0.05) is 30.8 Å². The zero-order chi connectivity index (χ0) is 17.7. The molecule has 1 fully saturated rings. The van der Waals surface area contributed by atoms with Gasteiger partial charge in [0.1, 0.15) is 0 Å². The van der Waals surface area contributed by atoms with Crippen LogP contribution < -0.4 is 5.32 Å². The third kappa shape index (κ3) is 4.80. The molecular weight excluding hydrogens is 328 g/mol. The summed E-state index contributed by atoms with van der Waals surface area (Å²) < 4.78 is 22.8. The van der Waals surface area contributed by atoms with Crippen LogP contribution in [0.4, 0.5) is 0 Å². The number of unbranched alkanes of at least 4 members (excludes halogenated alkanes) is 1. The predicted molar refractivity (Wildman–Crippen MR) is 92.8 cm³/mol. The number of hydrogen-bond donors (Lipinski definition) is 1. The molecule has 1 N–H and O–H groups in total. The molecular formula is C17H24N2O4S. The van der Waals surface area contributed by atoms with Gasteiger partial charge in [-0.2, -0.15) is 0 Å². The van der Waals surface area contributed by atoms with E-state index in [0.29, 0.717) is 24.1 Å². The zero-order valence-corrected chi connectivity index (χ0v) is 14.9. The lowest BCUT2D eigenvalue weighted by atomic mass is 10.1. The maximum Gasteiger partial charge on any atom is 0.253 e. The number of rotatable bonds is 6. The monoisotopic (exact) mass is 352 g/mol. The van der Waals surface area contributed by atoms with E-state index in [2.05, 4.69) is 12.2 Å². The van der Waals surface area contributed by atoms with Crippen LogP contribution in [0.15, 0.2) is 24.3 Å². The van der Waals surface area contributed by atoms with Gasteiger partial charge in [-0.1, -0.05) is 13.3 Å². The second kappa shape index (κ2) is 7.79. The van der Waals surface area contributed by atoms with Crippen molar-refractivity contribution in [3.8, 4) is 0 Å². The highest BCUT2D eigenvalue weighted by Crippen LogP contribution is 2.13. The molecule has 0 bridgehead atoms. The third-order valence-corrected chi connectivity index (χ3v) is 5.92. The Morgan fingerprint density at radius 1 is 1.21 bits per heavy atom. The largest absolute Gasteiger partial charge is 0.348 e. The standard InChI is InChI=1S/C17H24N2O4S/c1-3-4-10-19(2)17(21)14-7-5-13(6-8-14)16(20)18-15-9-11-24(22,23)12-15/h5-8,15H,3-4,9-12H2,1-2H3,(H,18,20). The first-order chi connectivity index (χ1) is 11.3. The van der Waals surface area contributed by atoms with Crippen LogP contribution in [-0.2, 0) is 9.84 Å². The topological polar surface area (TPSA) is 83.6 Å². The molecule has 6 nitrogen and oxygen atoms in total. The fourth-order valence-electron chi connectivity index (χ4n) is 2.66. The maximum absolute atomic E-state index is 12.2. The summed E-state index contributed by atoms with van der Waals surface area (Å²) in [5, 5.41) is 2.74. The van der Waals surface area contributed by atoms with Crippen molar-refractivity contribution in [2.24, 2.45) is 0 Å². The van der Waals surface area contributed by atoms with Crippen molar-refractivity contribution in [2.45, 2.75) is 32.2 Å². The van der Waals surface area contributed by atoms with Crippen LogP contribution in [0.3, 0.4) is 0 Å². The summed E-state index contributed by atoms with van der Waals surface area (Å²) in [5.74, 6) is -0.264. The van der Waals surface area contributed by atoms with Crippen LogP contribution >= 0.6 is 0 Å². The number of hydrogen-bond acceptors (Lipinski definition) is 4. The fraction of sp³-hybridized carbons (Fsp3) is 0.529. The minimum atomic E-state index is -3.02. The summed E-state index contributed by atoms with van der Waals surface area (Å²) in [6.07, 6.45) is 2.42. The Morgan fingerprint density at radius 3 is 2.38 bits per heavy atom. The molecule has 24 heavy (non-hydrogen) atoms. The van der Waals surface area contributed by atoms with Crippen molar-refractivity contribution < 1.29 is 18.0 Å². The minimum absolute atomic E-state index is 0.00245. The van der Waals surface area contributed by atoms with Gasteiger partial charge in [0.2, 0.25) is 0 Å². The molecule has 0 radical (unpaired) electrons. The van der Waals surface area contributed by atoms with E-state index in [-0.39, 0.29) is 29.4 Å². The second-order valence-corrected chi connectivity index (χ2v) is 8.46. The summed E-state index contributed by atoms with van der Waals surface area (Å²) >= 11 is 0. The maximum atomic E-state index is 12.2. The van der Waals surface area contributed by atoms with E-state index in [1.165, 1.54) is 0 Å². The van der Waals surface area contributed by atoms with Crippen molar-refractivity contribution in [3.63, 3.8) is 0 Å². The highest BCUT2D eigenvalue weighted by Gasteiger charge is 2.29. The first-order valence-corrected chi connectivity index (χ1v) is 10.0. The summed E-state index contributed by atoms with van der Waals surface area (Å²) in [4.78, 5) is 26.1. The molecule has 2 amide bonds. The molecule has 1 aromatic carbocycles. The van der Waals surface area contributed by atoms with Crippen molar-refractivity contribution in [3.05, 3.63) is 35.4 Å². The molecule has 7 heteroatoms. The Morgan fingerprint density at radius 2 is 1.83 bits per heavy atom. The molecule has 0 spiro atoms. The first-order valence-electron chi connectivity index (χ1n) is 8.19. The number of carbonyl (C=O) groups excluding carboxylic acids is 2. The number of sulfone groups is 1. The van der Waals surface area contributed by atoms with Crippen molar-refractivity contribution in [2.75, 3.05) is 25.1 Å². The molecule has 0 aromatic heterocycles. The van der Waals surface area contributed by atoms with Crippen LogP contribution in [0.25, 0.3) is 0 Å². The SMILES string of the molecule is CCCCN(C)C(=O)c1ccc(C(=O)NC2CCS(=O)(=O)C2)cc1. The highest BCUT2D eigenvalue weighted by molar-refractivity contribution is 7.91. The van der Waals surface area contributed by atoms with Gasteiger partial charge in [-0.15, -0.1) is 0 Å². The van der Waals surface area contributed by atoms with Crippen LogP contribution in [0.5, 0.6) is 0 Å². The molecule has 1 atom stereocenters. The Bertz CT molecular complexity index is 698. The van der Waals surface area contributed by atoms with Crippen LogP contribution in [0.1, 0.15) is 46.9 Å². The van der Waals surface area contributed by atoms with Crippen LogP contribution in [-0.4, -0.2) is 56.3 Å². The van der Waals surface area contributed by atoms with Crippen LogP contribution in [0, 0.1) is 0 Å². The lowest BCUT2D eigenvalue weighted by molar-refractivity contribution is 0.0792. The molecule has 1 heterocycles. The molecule has 1 aliphatic heterocycles. The summed E-state index contributed by atoms with van der Waals surface area (Å²) in [7, 11) is -1.26. The van der Waals surface area contributed by atoms with Crippen molar-refractivity contribution >= 4 is 21.7 Å². The Balaban J connectivity index is 1.96. The molecule has 0 saturated carbocycles. The summed E-state index contributed by atoms with van der Waals surface area (Å²) in [6, 6.07) is 6.12. The third-order valence-electron chi connectivity index (χ3n) is 4.16. The molecule has 1 saturated heterocycles. The Labute approximate surface area is 143 Å². The van der Waals surface area contributed by atoms with Crippen LogP contribution in [0.2, 0.25) is 0 Å². The normalized spacial score (nSPS) is 19.0. The van der Waals surface area contributed by atoms with Gasteiger partial charge in [-0.05, 0) is 37.1 Å². The first kappa shape index (κ1) is 18.4. The van der Waals surface area contributed by atoms with Gasteiger partial charge < -0.3 is 10.2 Å². The average molecular weight is 352 g/mol. The molecule has 1 unspecified atom stereocenters. The summed E-state index contributed by atoms with van der Waals surface area (Å²) in [5.41, 5.74) is 0.959. The van der Waals surface area contributed by atoms with E-state index in [1.54, 1.807) is 36.2 Å². The zero-order valence-electron chi connectivity index (χ0n) is 14.1. The number of carbonyl (C=O) groups is 2. The number of benzene rings is 1. The van der Waals surface area contributed by atoms with E-state index in [4.69, 9.17) is 0 Å². The smallest absolute Gasteiger partial charge is 0.253 e. The average Bonchev–Trinajstić information content (AvgIpc) is 2.90. The molecule has 132 valence electrons. The van der Waals surface area contributed by atoms with E-state index in [0.717, 1.165) is 12.8 Å². The number of amides is 2. The number of nitrogens with zero attached hydrogens (tertiary/aromatic N) is 1. The molecule has 1 aromatic rings. The van der Waals surface area contributed by atoms with Gasteiger partial charge in [0.25, 0.3) is 11.8 Å². The Kier molecular flexibility index (Phi) is 5.99. The van der Waals surface area contributed by atoms with E-state index in [1.807, 2.05) is 0 Å². The van der Waals surface area contributed by atoms with E-state index in [9.17, 15) is 18.0 Å². The van der Waals surface area contributed by atoms with Gasteiger partial charge in [-0.25, -0.2) is 8.42 Å². The lowest BCUT2D eigenvalue weighted by Gasteiger charge is -2.17. The van der Waals surface area contributed by atoms with Gasteiger partial charge in [-0.3, -0.25) is 9.59 Å². The van der Waals surface area contributed by atoms with Gasteiger partial charge >= 0.3 is 0 Å². The van der Waals surface area contributed by atoms with Gasteiger partial charge in [0.05, 0.1) is 11.5 Å². The predicted octanol–water partition coefficient (Wildman–Crippen LogP) is 1.48. The Hall–Kier alpha value is -1.89. The van der Waals surface area contributed by atoms with Gasteiger partial charge in [0.15, 0.2) is 9.84 Å². The van der Waals surface area contributed by atoms with Crippen molar-refractivity contribution in [1.82, 2.24) is 10.2 Å². The van der Waals surface area contributed by atoms with E-state index >= 15 is 0 Å². The molecule has 1 aliphatic rings. The molecule has 0 aliphatic carbocycles. The quantitative estimate of drug-likeness (QED) is 0.840. The van der Waals surface area contributed by atoms with E-state index < -0.39 is 9.84 Å². The fourth-order valence-corrected chi connectivity index (χ4v) is 4.33. The minimum Gasteiger partial charge on any atom is -0.348 e. The molecule has 2 rings (SSSR count).